The Kier molecular flexibility index (Phi) is 7.50. The number of hydrogen-bond donors (Lipinski definition) is 2. The quantitative estimate of drug-likeness (QED) is 0.537. The van der Waals surface area contributed by atoms with Gasteiger partial charge in [-0.15, -0.1) is 0 Å². The number of unbranched alkanes of at least 4 members (excludes halogenated alkanes) is 1. The summed E-state index contributed by atoms with van der Waals surface area (Å²) in [6.07, 6.45) is 4.55. The summed E-state index contributed by atoms with van der Waals surface area (Å²) in [4.78, 5) is 0. The molecule has 1 aliphatic carbocycles. The van der Waals surface area contributed by atoms with Crippen LogP contribution in [0.15, 0.2) is 18.2 Å². The van der Waals surface area contributed by atoms with Crippen LogP contribution in [0.5, 0.6) is 5.75 Å². The molecule has 1 atom stereocenters. The summed E-state index contributed by atoms with van der Waals surface area (Å²) in [6.45, 7) is 8.17. The molecule has 1 fully saturated rings. The van der Waals surface area contributed by atoms with Gasteiger partial charge < -0.3 is 9.84 Å². The lowest BCUT2D eigenvalue weighted by Gasteiger charge is -2.25. The number of benzene rings is 1. The second kappa shape index (κ2) is 9.09. The van der Waals surface area contributed by atoms with Crippen molar-refractivity contribution in [3.8, 4) is 5.75 Å². The maximum atomic E-state index is 13.9. The zero-order valence-corrected chi connectivity index (χ0v) is 18.2. The van der Waals surface area contributed by atoms with Crippen LogP contribution in [0.25, 0.3) is 0 Å². The number of nitrogens with one attached hydrogen (secondary N) is 1. The summed E-state index contributed by atoms with van der Waals surface area (Å²) in [5.41, 5.74) is -0.873. The van der Waals surface area contributed by atoms with Gasteiger partial charge in [-0.3, -0.25) is 0 Å². The van der Waals surface area contributed by atoms with E-state index in [1.165, 1.54) is 25.1 Å². The highest BCUT2D eigenvalue weighted by Gasteiger charge is 2.28. The van der Waals surface area contributed by atoms with Gasteiger partial charge in [0.15, 0.2) is 11.6 Å². The molecule has 0 radical (unpaired) electrons. The summed E-state index contributed by atoms with van der Waals surface area (Å²) >= 11 is 0. The molecule has 160 valence electrons. The van der Waals surface area contributed by atoms with Crippen molar-refractivity contribution in [3.63, 3.8) is 0 Å². The minimum absolute atomic E-state index is 0.0261. The summed E-state index contributed by atoms with van der Waals surface area (Å²) in [5, 5.41) is 10.7. The molecule has 5 nitrogen and oxygen atoms in total. The number of rotatable bonds is 11. The van der Waals surface area contributed by atoms with E-state index >= 15 is 0 Å². The minimum Gasteiger partial charge on any atom is -0.490 e. The number of ether oxygens (including phenoxy) is 1. The predicted octanol–water partition coefficient (Wildman–Crippen LogP) is 3.96. The van der Waals surface area contributed by atoms with Crippen LogP contribution in [0.4, 0.5) is 4.39 Å². The molecule has 1 aliphatic rings. The molecule has 1 saturated carbocycles. The Balaban J connectivity index is 1.90. The molecule has 1 aromatic carbocycles. The maximum absolute atomic E-state index is 13.9. The van der Waals surface area contributed by atoms with Crippen molar-refractivity contribution in [2.45, 2.75) is 65.4 Å². The van der Waals surface area contributed by atoms with Crippen molar-refractivity contribution < 1.29 is 22.7 Å². The molecule has 28 heavy (non-hydrogen) atoms. The van der Waals surface area contributed by atoms with Crippen molar-refractivity contribution in [1.82, 2.24) is 4.72 Å². The maximum Gasteiger partial charge on any atom is 0.211 e. The molecule has 7 heteroatoms. The molecule has 0 unspecified atom stereocenters. The summed E-state index contributed by atoms with van der Waals surface area (Å²) in [7, 11) is -3.49. The first-order valence-electron chi connectivity index (χ1n) is 10.0. The van der Waals surface area contributed by atoms with E-state index in [1.54, 1.807) is 0 Å². The molecule has 0 heterocycles. The topological polar surface area (TPSA) is 75.6 Å². The third-order valence-electron chi connectivity index (χ3n) is 4.95. The fourth-order valence-corrected chi connectivity index (χ4v) is 4.04. The van der Waals surface area contributed by atoms with Gasteiger partial charge in [-0.05, 0) is 61.6 Å². The second-order valence-corrected chi connectivity index (χ2v) is 11.3. The van der Waals surface area contributed by atoms with Gasteiger partial charge in [-0.25, -0.2) is 17.5 Å². The van der Waals surface area contributed by atoms with E-state index in [1.807, 2.05) is 0 Å². The fourth-order valence-electron chi connectivity index (χ4n) is 2.81. The lowest BCUT2D eigenvalue weighted by molar-refractivity contribution is 0.0623. The van der Waals surface area contributed by atoms with Crippen molar-refractivity contribution in [2.24, 2.45) is 11.3 Å². The molecular formula is C21H34FNO4S. The fraction of sp³-hybridized carbons (Fsp3) is 0.714. The lowest BCUT2D eigenvalue weighted by Crippen LogP contribution is -2.39. The number of aliphatic hydroxyl groups is 1. The van der Waals surface area contributed by atoms with Crippen molar-refractivity contribution in [2.75, 3.05) is 18.9 Å². The number of hydrogen-bond acceptors (Lipinski definition) is 4. The first kappa shape index (κ1) is 23.1. The van der Waals surface area contributed by atoms with Gasteiger partial charge in [-0.1, -0.05) is 33.3 Å². The highest BCUT2D eigenvalue weighted by atomic mass is 32.2. The Bertz CT molecular complexity index is 752. The monoisotopic (exact) mass is 415 g/mol. The van der Waals surface area contributed by atoms with Crippen LogP contribution < -0.4 is 9.46 Å². The van der Waals surface area contributed by atoms with E-state index < -0.39 is 21.4 Å². The van der Waals surface area contributed by atoms with Gasteiger partial charge in [0, 0.05) is 6.54 Å². The average molecular weight is 416 g/mol. The summed E-state index contributed by atoms with van der Waals surface area (Å²) in [5.74, 6) is 0.112. The first-order valence-corrected chi connectivity index (χ1v) is 11.7. The van der Waals surface area contributed by atoms with Crippen LogP contribution in [0.2, 0.25) is 0 Å². The van der Waals surface area contributed by atoms with Crippen LogP contribution in [-0.2, 0) is 15.6 Å². The molecule has 2 N–H and O–H groups in total. The van der Waals surface area contributed by atoms with Crippen LogP contribution in [-0.4, -0.2) is 32.4 Å². The highest BCUT2D eigenvalue weighted by Crippen LogP contribution is 2.32. The van der Waals surface area contributed by atoms with Gasteiger partial charge in [0.05, 0.1) is 12.4 Å². The summed E-state index contributed by atoms with van der Waals surface area (Å²) in [6, 6.07) is 4.15. The Morgan fingerprint density at radius 1 is 1.21 bits per heavy atom. The second-order valence-electron chi connectivity index (χ2n) is 9.33. The molecule has 0 amide bonds. The molecular weight excluding hydrogens is 381 g/mol. The van der Waals surface area contributed by atoms with Crippen molar-refractivity contribution in [3.05, 3.63) is 29.6 Å². The molecule has 0 saturated heterocycles. The Hall–Kier alpha value is -1.18. The molecule has 1 aromatic rings. The van der Waals surface area contributed by atoms with E-state index in [9.17, 15) is 17.9 Å². The normalized spacial score (nSPS) is 17.4. The molecule has 0 aliphatic heterocycles. The number of sulfonamides is 1. The highest BCUT2D eigenvalue weighted by molar-refractivity contribution is 7.89. The van der Waals surface area contributed by atoms with E-state index in [4.69, 9.17) is 4.74 Å². The first-order chi connectivity index (χ1) is 12.9. The van der Waals surface area contributed by atoms with Gasteiger partial charge >= 0.3 is 0 Å². The third-order valence-corrected chi connectivity index (χ3v) is 6.36. The van der Waals surface area contributed by atoms with E-state index in [0.717, 1.165) is 25.7 Å². The lowest BCUT2D eigenvalue weighted by atomic mass is 9.90. The minimum atomic E-state index is -3.49. The number of halogens is 1. The molecule has 0 spiro atoms. The van der Waals surface area contributed by atoms with Crippen LogP contribution in [0, 0.1) is 17.2 Å². The van der Waals surface area contributed by atoms with Gasteiger partial charge in [0.2, 0.25) is 10.0 Å². The van der Waals surface area contributed by atoms with Crippen LogP contribution >= 0.6 is 0 Å². The average Bonchev–Trinajstić information content (AvgIpc) is 3.40. The SMILES string of the molecule is CC(C)(C)CCCCS(=O)(=O)NC[C@@](C)(O)c1ccc(F)c(OCC2CC2)c1. The standard InChI is InChI=1S/C21H34FNO4S/c1-20(2,3)11-5-6-12-28(25,26)23-15-21(4,24)17-9-10-18(22)19(13-17)27-14-16-7-8-16/h9-10,13,16,23-24H,5-8,11-12,14-15H2,1-4H3/t21-/m1/s1. The molecule has 0 bridgehead atoms. The molecule has 0 aromatic heterocycles. The van der Waals surface area contributed by atoms with Crippen molar-refractivity contribution in [1.29, 1.82) is 0 Å². The van der Waals surface area contributed by atoms with Crippen molar-refractivity contribution >= 4 is 10.0 Å². The Labute approximate surface area is 168 Å². The van der Waals surface area contributed by atoms with E-state index in [2.05, 4.69) is 25.5 Å². The third kappa shape index (κ3) is 8.05. The van der Waals surface area contributed by atoms with Gasteiger partial charge in [0.1, 0.15) is 5.60 Å². The Morgan fingerprint density at radius 2 is 1.89 bits per heavy atom. The van der Waals surface area contributed by atoms with E-state index in [-0.39, 0.29) is 23.5 Å². The predicted molar refractivity (Wildman–Crippen MR) is 109 cm³/mol. The van der Waals surface area contributed by atoms with E-state index in [0.29, 0.717) is 24.5 Å². The van der Waals surface area contributed by atoms with Crippen LogP contribution in [0.1, 0.15) is 65.4 Å². The zero-order valence-electron chi connectivity index (χ0n) is 17.4. The Morgan fingerprint density at radius 3 is 2.50 bits per heavy atom. The molecule has 2 rings (SSSR count). The van der Waals surface area contributed by atoms with Crippen LogP contribution in [0.3, 0.4) is 0 Å². The van der Waals surface area contributed by atoms with Gasteiger partial charge in [0.25, 0.3) is 0 Å². The smallest absolute Gasteiger partial charge is 0.211 e. The summed E-state index contributed by atoms with van der Waals surface area (Å²) < 4.78 is 46.4. The largest absolute Gasteiger partial charge is 0.490 e. The van der Waals surface area contributed by atoms with Gasteiger partial charge in [-0.2, -0.15) is 0 Å². The zero-order chi connectivity index (χ0) is 21.0.